The van der Waals surface area contributed by atoms with E-state index >= 15 is 0 Å². The summed E-state index contributed by atoms with van der Waals surface area (Å²) in [5.74, 6) is 0.595. The number of rotatable bonds is 7. The first-order valence-electron chi connectivity index (χ1n) is 12.0. The molecule has 0 aliphatic carbocycles. The third-order valence-corrected chi connectivity index (χ3v) is 6.34. The molecule has 34 heavy (non-hydrogen) atoms. The SMILES string of the molecule is CCC(=O)N1CCc2ccc(OC(CC)C(=O)Nc3ccc(C)cc3)cc2C1c1ccccc1. The van der Waals surface area contributed by atoms with Crippen molar-refractivity contribution in [3.63, 3.8) is 0 Å². The van der Waals surface area contributed by atoms with Gasteiger partial charge in [0.15, 0.2) is 6.10 Å². The number of benzene rings is 3. The molecule has 1 heterocycles. The number of carbonyl (C=O) groups excluding carboxylic acids is 2. The predicted molar refractivity (Wildman–Crippen MR) is 135 cm³/mol. The number of hydrogen-bond donors (Lipinski definition) is 1. The molecule has 3 aromatic rings. The van der Waals surface area contributed by atoms with Crippen molar-refractivity contribution in [3.8, 4) is 5.75 Å². The fraction of sp³-hybridized carbons (Fsp3) is 0.310. The summed E-state index contributed by atoms with van der Waals surface area (Å²) in [6.07, 6.45) is 1.19. The molecule has 176 valence electrons. The van der Waals surface area contributed by atoms with Crippen molar-refractivity contribution in [3.05, 3.63) is 95.1 Å². The lowest BCUT2D eigenvalue weighted by atomic mass is 9.87. The van der Waals surface area contributed by atoms with Gasteiger partial charge in [-0.25, -0.2) is 0 Å². The van der Waals surface area contributed by atoms with Crippen LogP contribution in [0, 0.1) is 6.92 Å². The van der Waals surface area contributed by atoms with Crippen molar-refractivity contribution in [1.29, 1.82) is 0 Å². The Balaban J connectivity index is 1.60. The van der Waals surface area contributed by atoms with Crippen LogP contribution in [0.3, 0.4) is 0 Å². The Kier molecular flexibility index (Phi) is 7.31. The van der Waals surface area contributed by atoms with Crippen molar-refractivity contribution in [1.82, 2.24) is 4.90 Å². The fourth-order valence-corrected chi connectivity index (χ4v) is 4.48. The van der Waals surface area contributed by atoms with Crippen molar-refractivity contribution in [2.75, 3.05) is 11.9 Å². The highest BCUT2D eigenvalue weighted by atomic mass is 16.5. The number of nitrogens with zero attached hydrogens (tertiary/aromatic N) is 1. The van der Waals surface area contributed by atoms with Gasteiger partial charge in [0.25, 0.3) is 5.91 Å². The minimum atomic E-state index is -0.619. The molecule has 0 saturated heterocycles. The first kappa shape index (κ1) is 23.6. The third-order valence-electron chi connectivity index (χ3n) is 6.34. The molecule has 1 aliphatic heterocycles. The zero-order valence-electron chi connectivity index (χ0n) is 20.1. The quantitative estimate of drug-likeness (QED) is 0.498. The van der Waals surface area contributed by atoms with E-state index in [4.69, 9.17) is 4.74 Å². The summed E-state index contributed by atoms with van der Waals surface area (Å²) in [5.41, 5.74) is 5.23. The molecule has 2 amide bonds. The standard InChI is InChI=1S/C29H32N2O3/c1-4-26(29(33)30-23-14-11-20(3)12-15-23)34-24-16-13-21-17-18-31(27(32)5-2)28(25(21)19-24)22-9-7-6-8-10-22/h6-16,19,26,28H,4-5,17-18H2,1-3H3,(H,30,33). The maximum Gasteiger partial charge on any atom is 0.265 e. The van der Waals surface area contributed by atoms with E-state index in [0.29, 0.717) is 25.1 Å². The molecule has 0 fully saturated rings. The topological polar surface area (TPSA) is 58.6 Å². The Labute approximate surface area is 201 Å². The van der Waals surface area contributed by atoms with Gasteiger partial charge in [-0.2, -0.15) is 0 Å². The van der Waals surface area contributed by atoms with Crippen LogP contribution in [-0.4, -0.2) is 29.4 Å². The molecule has 0 aromatic heterocycles. The second-order valence-corrected chi connectivity index (χ2v) is 8.73. The average molecular weight is 457 g/mol. The van der Waals surface area contributed by atoms with Crippen LogP contribution in [0.1, 0.15) is 55.0 Å². The third kappa shape index (κ3) is 5.14. The zero-order valence-corrected chi connectivity index (χ0v) is 20.1. The Morgan fingerprint density at radius 1 is 1.03 bits per heavy atom. The van der Waals surface area contributed by atoms with E-state index in [1.807, 2.05) is 80.3 Å². The van der Waals surface area contributed by atoms with Gasteiger partial charge in [-0.3, -0.25) is 9.59 Å². The first-order chi connectivity index (χ1) is 16.5. The van der Waals surface area contributed by atoms with Crippen molar-refractivity contribution in [2.24, 2.45) is 0 Å². The molecule has 1 aliphatic rings. The molecule has 0 bridgehead atoms. The number of anilines is 1. The number of ether oxygens (including phenoxy) is 1. The second-order valence-electron chi connectivity index (χ2n) is 8.73. The second kappa shape index (κ2) is 10.6. The Morgan fingerprint density at radius 3 is 2.44 bits per heavy atom. The van der Waals surface area contributed by atoms with Crippen LogP contribution in [0.5, 0.6) is 5.75 Å². The van der Waals surface area contributed by atoms with Crippen molar-refractivity contribution in [2.45, 2.75) is 52.2 Å². The van der Waals surface area contributed by atoms with Crippen LogP contribution in [-0.2, 0) is 16.0 Å². The molecule has 2 unspecified atom stereocenters. The molecule has 1 N–H and O–H groups in total. The number of hydrogen-bond acceptors (Lipinski definition) is 3. The Hall–Kier alpha value is -3.60. The van der Waals surface area contributed by atoms with Gasteiger partial charge in [0, 0.05) is 18.7 Å². The highest BCUT2D eigenvalue weighted by Crippen LogP contribution is 2.37. The molecule has 0 spiro atoms. The van der Waals surface area contributed by atoms with Gasteiger partial charge >= 0.3 is 0 Å². The Bertz CT molecular complexity index is 1140. The maximum absolute atomic E-state index is 12.9. The monoisotopic (exact) mass is 456 g/mol. The number of carbonyl (C=O) groups is 2. The number of aryl methyl sites for hydroxylation is 1. The highest BCUT2D eigenvalue weighted by Gasteiger charge is 2.32. The first-order valence-corrected chi connectivity index (χ1v) is 12.0. The van der Waals surface area contributed by atoms with Gasteiger partial charge in [-0.15, -0.1) is 0 Å². The minimum absolute atomic E-state index is 0.134. The van der Waals surface area contributed by atoms with E-state index in [9.17, 15) is 9.59 Å². The lowest BCUT2D eigenvalue weighted by molar-refractivity contribution is -0.133. The van der Waals surface area contributed by atoms with Crippen LogP contribution in [0.15, 0.2) is 72.8 Å². The summed E-state index contributed by atoms with van der Waals surface area (Å²) in [5, 5.41) is 2.95. The van der Waals surface area contributed by atoms with Crippen LogP contribution < -0.4 is 10.1 Å². The van der Waals surface area contributed by atoms with Gasteiger partial charge in [0.2, 0.25) is 5.91 Å². The fourth-order valence-electron chi connectivity index (χ4n) is 4.48. The summed E-state index contributed by atoms with van der Waals surface area (Å²) in [6, 6.07) is 23.7. The average Bonchev–Trinajstić information content (AvgIpc) is 2.87. The van der Waals surface area contributed by atoms with Crippen LogP contribution >= 0.6 is 0 Å². The normalized spacial score (nSPS) is 15.9. The lowest BCUT2D eigenvalue weighted by Crippen LogP contribution is -2.40. The smallest absolute Gasteiger partial charge is 0.265 e. The van der Waals surface area contributed by atoms with E-state index in [1.54, 1.807) is 0 Å². The van der Waals surface area contributed by atoms with Gasteiger partial charge < -0.3 is 15.0 Å². The zero-order chi connectivity index (χ0) is 24.1. The molecular weight excluding hydrogens is 424 g/mol. The minimum Gasteiger partial charge on any atom is -0.481 e. The lowest BCUT2D eigenvalue weighted by Gasteiger charge is -2.38. The van der Waals surface area contributed by atoms with Crippen LogP contribution in [0.2, 0.25) is 0 Å². The summed E-state index contributed by atoms with van der Waals surface area (Å²) in [6.45, 7) is 6.54. The molecule has 2 atom stereocenters. The highest BCUT2D eigenvalue weighted by molar-refractivity contribution is 5.94. The summed E-state index contributed by atoms with van der Waals surface area (Å²) < 4.78 is 6.18. The van der Waals surface area contributed by atoms with Crippen LogP contribution in [0.4, 0.5) is 5.69 Å². The van der Waals surface area contributed by atoms with Gasteiger partial charge in [-0.1, -0.05) is 67.9 Å². The molecule has 0 radical (unpaired) electrons. The van der Waals surface area contributed by atoms with E-state index in [1.165, 1.54) is 5.56 Å². The van der Waals surface area contributed by atoms with E-state index in [-0.39, 0.29) is 17.9 Å². The summed E-state index contributed by atoms with van der Waals surface area (Å²) in [7, 11) is 0. The molecule has 5 nitrogen and oxygen atoms in total. The molecule has 3 aromatic carbocycles. The number of nitrogens with one attached hydrogen (secondary N) is 1. The molecule has 0 saturated carbocycles. The molecule has 4 rings (SSSR count). The van der Waals surface area contributed by atoms with Crippen molar-refractivity contribution >= 4 is 17.5 Å². The number of amides is 2. The summed E-state index contributed by atoms with van der Waals surface area (Å²) in [4.78, 5) is 27.7. The van der Waals surface area contributed by atoms with E-state index < -0.39 is 6.10 Å². The van der Waals surface area contributed by atoms with E-state index in [2.05, 4.69) is 23.5 Å². The van der Waals surface area contributed by atoms with Crippen LogP contribution in [0.25, 0.3) is 0 Å². The van der Waals surface area contributed by atoms with Gasteiger partial charge in [0.1, 0.15) is 5.75 Å². The predicted octanol–water partition coefficient (Wildman–Crippen LogP) is 5.68. The Morgan fingerprint density at radius 2 is 1.76 bits per heavy atom. The van der Waals surface area contributed by atoms with Gasteiger partial charge in [-0.05, 0) is 60.7 Å². The van der Waals surface area contributed by atoms with Crippen molar-refractivity contribution < 1.29 is 14.3 Å². The van der Waals surface area contributed by atoms with Gasteiger partial charge in [0.05, 0.1) is 6.04 Å². The molecular formula is C29H32N2O3. The maximum atomic E-state index is 12.9. The largest absolute Gasteiger partial charge is 0.481 e. The summed E-state index contributed by atoms with van der Waals surface area (Å²) >= 11 is 0. The molecule has 5 heteroatoms. The van der Waals surface area contributed by atoms with E-state index in [0.717, 1.165) is 28.8 Å². The number of fused-ring (bicyclic) bond motifs is 1.